The van der Waals surface area contributed by atoms with Gasteiger partial charge in [-0.2, -0.15) is 0 Å². The van der Waals surface area contributed by atoms with Gasteiger partial charge in [-0.15, -0.1) is 0 Å². The predicted molar refractivity (Wildman–Crippen MR) is 81.1 cm³/mol. The molecule has 4 nitrogen and oxygen atoms in total. The van der Waals surface area contributed by atoms with E-state index in [4.69, 9.17) is 5.11 Å². The standard InChI is InChI=1S/C16H23FN2O2/c1-12(21)16-14(17)3-2-4-15(16)18-11-13-5-7-19(8-6-13)9-10-20/h2-4,13,18,20H,5-11H2,1H3. The average Bonchev–Trinajstić information content (AvgIpc) is 2.46. The molecule has 0 aromatic heterocycles. The molecule has 5 heteroatoms. The maximum absolute atomic E-state index is 13.7. The van der Waals surface area contributed by atoms with Gasteiger partial charge in [-0.25, -0.2) is 4.39 Å². The monoisotopic (exact) mass is 294 g/mol. The third-order valence-electron chi connectivity index (χ3n) is 4.07. The second kappa shape index (κ2) is 7.52. The summed E-state index contributed by atoms with van der Waals surface area (Å²) in [4.78, 5) is 13.8. The third-order valence-corrected chi connectivity index (χ3v) is 4.07. The zero-order valence-electron chi connectivity index (χ0n) is 12.4. The molecule has 0 bridgehead atoms. The van der Waals surface area contributed by atoms with Crippen LogP contribution in [0.3, 0.4) is 0 Å². The van der Waals surface area contributed by atoms with Crippen LogP contribution in [0.5, 0.6) is 0 Å². The van der Waals surface area contributed by atoms with Gasteiger partial charge < -0.3 is 15.3 Å². The molecular formula is C16H23FN2O2. The lowest BCUT2D eigenvalue weighted by molar-refractivity contribution is 0.101. The van der Waals surface area contributed by atoms with E-state index in [2.05, 4.69) is 10.2 Å². The van der Waals surface area contributed by atoms with E-state index in [-0.39, 0.29) is 18.0 Å². The van der Waals surface area contributed by atoms with E-state index in [1.165, 1.54) is 13.0 Å². The van der Waals surface area contributed by atoms with Gasteiger partial charge in [-0.3, -0.25) is 4.79 Å². The van der Waals surface area contributed by atoms with Crippen LogP contribution in [-0.4, -0.2) is 48.6 Å². The van der Waals surface area contributed by atoms with E-state index < -0.39 is 5.82 Å². The van der Waals surface area contributed by atoms with Crippen LogP contribution in [-0.2, 0) is 0 Å². The van der Waals surface area contributed by atoms with Crippen molar-refractivity contribution in [3.8, 4) is 0 Å². The molecule has 0 aliphatic carbocycles. The van der Waals surface area contributed by atoms with Gasteiger partial charge in [0.15, 0.2) is 5.78 Å². The Kier molecular flexibility index (Phi) is 5.70. The van der Waals surface area contributed by atoms with Crippen molar-refractivity contribution in [2.45, 2.75) is 19.8 Å². The lowest BCUT2D eigenvalue weighted by atomic mass is 9.96. The highest BCUT2D eigenvalue weighted by Gasteiger charge is 2.19. The lowest BCUT2D eigenvalue weighted by Crippen LogP contribution is -2.37. The van der Waals surface area contributed by atoms with Crippen LogP contribution in [0.2, 0.25) is 0 Å². The van der Waals surface area contributed by atoms with E-state index in [0.29, 0.717) is 11.6 Å². The summed E-state index contributed by atoms with van der Waals surface area (Å²) in [5.41, 5.74) is 0.732. The maximum atomic E-state index is 13.7. The molecule has 1 aromatic carbocycles. The van der Waals surface area contributed by atoms with Gasteiger partial charge in [-0.05, 0) is 50.9 Å². The summed E-state index contributed by atoms with van der Waals surface area (Å²) in [6.07, 6.45) is 2.11. The highest BCUT2D eigenvalue weighted by atomic mass is 19.1. The molecule has 1 heterocycles. The molecule has 2 rings (SSSR count). The number of aliphatic hydroxyl groups excluding tert-OH is 1. The molecule has 2 N–H and O–H groups in total. The second-order valence-electron chi connectivity index (χ2n) is 5.61. The van der Waals surface area contributed by atoms with Gasteiger partial charge in [0.2, 0.25) is 0 Å². The predicted octanol–water partition coefficient (Wildman–Crippen LogP) is 2.14. The van der Waals surface area contributed by atoms with E-state index in [0.717, 1.165) is 39.0 Å². The van der Waals surface area contributed by atoms with Crippen molar-refractivity contribution in [3.05, 3.63) is 29.6 Å². The number of anilines is 1. The Labute approximate surface area is 125 Å². The van der Waals surface area contributed by atoms with Crippen LogP contribution in [0.15, 0.2) is 18.2 Å². The number of aliphatic hydroxyl groups is 1. The Hall–Kier alpha value is -1.46. The van der Waals surface area contributed by atoms with Crippen molar-refractivity contribution in [2.75, 3.05) is 38.1 Å². The van der Waals surface area contributed by atoms with Crippen LogP contribution in [0.1, 0.15) is 30.1 Å². The summed E-state index contributed by atoms with van der Waals surface area (Å²) in [5.74, 6) is -0.207. The fourth-order valence-electron chi connectivity index (χ4n) is 2.84. The zero-order chi connectivity index (χ0) is 15.2. The van der Waals surface area contributed by atoms with Crippen molar-refractivity contribution in [3.63, 3.8) is 0 Å². The fraction of sp³-hybridized carbons (Fsp3) is 0.562. The third kappa shape index (κ3) is 4.25. The van der Waals surface area contributed by atoms with Crippen molar-refractivity contribution in [2.24, 2.45) is 5.92 Å². The number of Topliss-reactive ketones (excluding diaryl/α,β-unsaturated/α-hetero) is 1. The topological polar surface area (TPSA) is 52.6 Å². The van der Waals surface area contributed by atoms with Crippen molar-refractivity contribution >= 4 is 11.5 Å². The number of nitrogens with zero attached hydrogens (tertiary/aromatic N) is 1. The number of β-amino-alcohol motifs (C(OH)–C–C–N with tert-alkyl or cyclic N) is 1. The van der Waals surface area contributed by atoms with Gasteiger partial charge >= 0.3 is 0 Å². The van der Waals surface area contributed by atoms with Gasteiger partial charge in [0.05, 0.1) is 12.2 Å². The molecule has 0 radical (unpaired) electrons. The Morgan fingerprint density at radius 1 is 1.43 bits per heavy atom. The van der Waals surface area contributed by atoms with Gasteiger partial charge in [0.25, 0.3) is 0 Å². The second-order valence-corrected chi connectivity index (χ2v) is 5.61. The molecule has 1 aliphatic heterocycles. The van der Waals surface area contributed by atoms with Crippen LogP contribution in [0.4, 0.5) is 10.1 Å². The van der Waals surface area contributed by atoms with Gasteiger partial charge in [-0.1, -0.05) is 6.07 Å². The van der Waals surface area contributed by atoms with Gasteiger partial charge in [0.1, 0.15) is 5.82 Å². The van der Waals surface area contributed by atoms with Crippen molar-refractivity contribution in [1.29, 1.82) is 0 Å². The molecule has 1 aliphatic rings. The number of halogens is 1. The first-order chi connectivity index (χ1) is 10.1. The Balaban J connectivity index is 1.90. The largest absolute Gasteiger partial charge is 0.395 e. The molecule has 0 saturated carbocycles. The molecule has 0 amide bonds. The number of nitrogens with one attached hydrogen (secondary N) is 1. The van der Waals surface area contributed by atoms with E-state index in [9.17, 15) is 9.18 Å². The summed E-state index contributed by atoms with van der Waals surface area (Å²) >= 11 is 0. The molecule has 0 unspecified atom stereocenters. The summed E-state index contributed by atoms with van der Waals surface area (Å²) < 4.78 is 13.7. The van der Waals surface area contributed by atoms with Crippen LogP contribution >= 0.6 is 0 Å². The average molecular weight is 294 g/mol. The first-order valence-corrected chi connectivity index (χ1v) is 7.48. The minimum atomic E-state index is -0.467. The normalized spacial score (nSPS) is 16.9. The smallest absolute Gasteiger partial charge is 0.164 e. The number of piperidine rings is 1. The number of likely N-dealkylation sites (tertiary alicyclic amines) is 1. The Bertz CT molecular complexity index is 485. The van der Waals surface area contributed by atoms with Gasteiger partial charge in [0, 0.05) is 18.8 Å². The number of rotatable bonds is 6. The highest BCUT2D eigenvalue weighted by Crippen LogP contribution is 2.22. The van der Waals surface area contributed by atoms with E-state index in [1.807, 2.05) is 0 Å². The van der Waals surface area contributed by atoms with Crippen molar-refractivity contribution in [1.82, 2.24) is 4.90 Å². The molecule has 21 heavy (non-hydrogen) atoms. The molecule has 1 fully saturated rings. The Morgan fingerprint density at radius 2 is 2.14 bits per heavy atom. The molecule has 1 aromatic rings. The summed E-state index contributed by atoms with van der Waals surface area (Å²) in [5, 5.41) is 12.1. The first kappa shape index (κ1) is 15.9. The number of carbonyl (C=O) groups is 1. The van der Waals surface area contributed by atoms with Crippen molar-refractivity contribution < 1.29 is 14.3 Å². The number of carbonyl (C=O) groups excluding carboxylic acids is 1. The number of hydrogen-bond acceptors (Lipinski definition) is 4. The Morgan fingerprint density at radius 3 is 2.76 bits per heavy atom. The number of ketones is 1. The summed E-state index contributed by atoms with van der Waals surface area (Å²) in [6.45, 7) is 5.03. The van der Waals surface area contributed by atoms with Crippen LogP contribution in [0, 0.1) is 11.7 Å². The fourth-order valence-corrected chi connectivity index (χ4v) is 2.84. The quantitative estimate of drug-likeness (QED) is 0.789. The molecule has 116 valence electrons. The molecule has 0 spiro atoms. The lowest BCUT2D eigenvalue weighted by Gasteiger charge is -2.31. The number of hydrogen-bond donors (Lipinski definition) is 2. The molecule has 1 saturated heterocycles. The van der Waals surface area contributed by atoms with E-state index >= 15 is 0 Å². The SMILES string of the molecule is CC(=O)c1c(F)cccc1NCC1CCN(CCO)CC1. The van der Waals surface area contributed by atoms with E-state index in [1.54, 1.807) is 12.1 Å². The molecule has 0 atom stereocenters. The molecular weight excluding hydrogens is 271 g/mol. The van der Waals surface area contributed by atoms with Crippen LogP contribution in [0.25, 0.3) is 0 Å². The highest BCUT2D eigenvalue weighted by molar-refractivity contribution is 5.99. The number of benzene rings is 1. The zero-order valence-corrected chi connectivity index (χ0v) is 12.4. The summed E-state index contributed by atoms with van der Waals surface area (Å²) in [7, 11) is 0. The minimum Gasteiger partial charge on any atom is -0.395 e. The minimum absolute atomic E-state index is 0.148. The first-order valence-electron chi connectivity index (χ1n) is 7.48. The maximum Gasteiger partial charge on any atom is 0.164 e. The summed E-state index contributed by atoms with van der Waals surface area (Å²) in [6, 6.07) is 4.68. The van der Waals surface area contributed by atoms with Crippen LogP contribution < -0.4 is 5.32 Å².